The van der Waals surface area contributed by atoms with Crippen molar-refractivity contribution < 1.29 is 23.4 Å². The predicted molar refractivity (Wildman–Crippen MR) is 60.6 cm³/mol. The Kier molecular flexibility index (Phi) is 3.76. The second-order valence-corrected chi connectivity index (χ2v) is 4.13. The van der Waals surface area contributed by atoms with Crippen LogP contribution in [-0.2, 0) is 4.79 Å². The predicted octanol–water partition coefficient (Wildman–Crippen LogP) is 1.63. The largest absolute Gasteiger partial charge is 0.435 e. The van der Waals surface area contributed by atoms with Gasteiger partial charge in [0.1, 0.15) is 5.75 Å². The SMILES string of the molecule is O=C1CC(CO)CN1c1ccc(OC(F)F)cc1. The zero-order valence-electron chi connectivity index (χ0n) is 9.55. The summed E-state index contributed by atoms with van der Waals surface area (Å²) in [4.78, 5) is 13.2. The molecule has 0 aromatic heterocycles. The van der Waals surface area contributed by atoms with Gasteiger partial charge in [0.05, 0.1) is 0 Å². The first-order valence-electron chi connectivity index (χ1n) is 5.56. The van der Waals surface area contributed by atoms with E-state index in [0.717, 1.165) is 0 Å². The van der Waals surface area contributed by atoms with E-state index < -0.39 is 6.61 Å². The molecular formula is C12H13F2NO3. The molecule has 4 nitrogen and oxygen atoms in total. The van der Waals surface area contributed by atoms with Crippen molar-refractivity contribution >= 4 is 11.6 Å². The minimum atomic E-state index is -2.86. The molecule has 1 fully saturated rings. The fourth-order valence-electron chi connectivity index (χ4n) is 1.96. The smallest absolute Gasteiger partial charge is 0.387 e. The van der Waals surface area contributed by atoms with Gasteiger partial charge in [0, 0.05) is 31.2 Å². The summed E-state index contributed by atoms with van der Waals surface area (Å²) in [5.41, 5.74) is 0.623. The highest BCUT2D eigenvalue weighted by molar-refractivity contribution is 5.95. The molecule has 1 aliphatic heterocycles. The Balaban J connectivity index is 2.08. The summed E-state index contributed by atoms with van der Waals surface area (Å²) in [5.74, 6) is -0.0785. The molecule has 6 heteroatoms. The molecule has 1 aromatic rings. The van der Waals surface area contributed by atoms with E-state index in [1.165, 1.54) is 17.0 Å². The maximum atomic E-state index is 12.0. The summed E-state index contributed by atoms with van der Waals surface area (Å²) in [6, 6.07) is 5.88. The molecule has 1 N–H and O–H groups in total. The summed E-state index contributed by atoms with van der Waals surface area (Å²) in [6.45, 7) is -2.44. The zero-order valence-corrected chi connectivity index (χ0v) is 9.55. The number of aliphatic hydroxyl groups is 1. The van der Waals surface area contributed by atoms with Gasteiger partial charge in [-0.1, -0.05) is 0 Å². The number of ether oxygens (including phenoxy) is 1. The molecular weight excluding hydrogens is 244 g/mol. The first-order chi connectivity index (χ1) is 8.60. The number of benzene rings is 1. The topological polar surface area (TPSA) is 49.8 Å². The molecule has 0 saturated carbocycles. The van der Waals surface area contributed by atoms with Crippen molar-refractivity contribution in [1.82, 2.24) is 0 Å². The van der Waals surface area contributed by atoms with Crippen molar-refractivity contribution in [2.75, 3.05) is 18.1 Å². The van der Waals surface area contributed by atoms with E-state index in [0.29, 0.717) is 18.7 Å². The van der Waals surface area contributed by atoms with E-state index in [9.17, 15) is 13.6 Å². The van der Waals surface area contributed by atoms with Gasteiger partial charge in [0.25, 0.3) is 0 Å². The average Bonchev–Trinajstić information content (AvgIpc) is 2.71. The van der Waals surface area contributed by atoms with Crippen LogP contribution in [0.4, 0.5) is 14.5 Å². The van der Waals surface area contributed by atoms with Crippen LogP contribution in [0, 0.1) is 5.92 Å². The molecule has 0 bridgehead atoms. The Labute approximate surface area is 103 Å². The number of carbonyl (C=O) groups excluding carboxylic acids is 1. The van der Waals surface area contributed by atoms with Gasteiger partial charge in [0.2, 0.25) is 5.91 Å². The second kappa shape index (κ2) is 5.30. The lowest BCUT2D eigenvalue weighted by Crippen LogP contribution is -2.24. The fraction of sp³-hybridized carbons (Fsp3) is 0.417. The maximum Gasteiger partial charge on any atom is 0.387 e. The number of hydrogen-bond acceptors (Lipinski definition) is 3. The Morgan fingerprint density at radius 2 is 2.06 bits per heavy atom. The third kappa shape index (κ3) is 2.76. The number of carbonyl (C=O) groups is 1. The molecule has 1 aliphatic rings. The molecule has 1 heterocycles. The second-order valence-electron chi connectivity index (χ2n) is 4.13. The van der Waals surface area contributed by atoms with E-state index >= 15 is 0 Å². The first kappa shape index (κ1) is 12.8. The number of amides is 1. The van der Waals surface area contributed by atoms with Crippen LogP contribution in [0.25, 0.3) is 0 Å². The van der Waals surface area contributed by atoms with E-state index in [-0.39, 0.29) is 24.2 Å². The molecule has 98 valence electrons. The van der Waals surface area contributed by atoms with Gasteiger partial charge < -0.3 is 14.7 Å². The fourth-order valence-corrected chi connectivity index (χ4v) is 1.96. The summed E-state index contributed by atoms with van der Waals surface area (Å²) in [7, 11) is 0. The van der Waals surface area contributed by atoms with Crippen molar-refractivity contribution in [2.24, 2.45) is 5.92 Å². The number of nitrogens with zero attached hydrogens (tertiary/aromatic N) is 1. The average molecular weight is 257 g/mol. The maximum absolute atomic E-state index is 12.0. The van der Waals surface area contributed by atoms with E-state index in [1.807, 2.05) is 0 Å². The lowest BCUT2D eigenvalue weighted by molar-refractivity contribution is -0.117. The monoisotopic (exact) mass is 257 g/mol. The van der Waals surface area contributed by atoms with Gasteiger partial charge in [-0.3, -0.25) is 4.79 Å². The van der Waals surface area contributed by atoms with Crippen molar-refractivity contribution in [3.8, 4) is 5.75 Å². The van der Waals surface area contributed by atoms with Gasteiger partial charge in [-0.2, -0.15) is 8.78 Å². The highest BCUT2D eigenvalue weighted by atomic mass is 19.3. The minimum absolute atomic E-state index is 0.0329. The highest BCUT2D eigenvalue weighted by Crippen LogP contribution is 2.26. The summed E-state index contributed by atoms with van der Waals surface area (Å²) < 4.78 is 28.2. The van der Waals surface area contributed by atoms with Gasteiger partial charge >= 0.3 is 6.61 Å². The van der Waals surface area contributed by atoms with E-state index in [2.05, 4.69) is 4.74 Å². The third-order valence-corrected chi connectivity index (χ3v) is 2.84. The van der Waals surface area contributed by atoms with Crippen LogP contribution in [0.1, 0.15) is 6.42 Å². The molecule has 18 heavy (non-hydrogen) atoms. The van der Waals surface area contributed by atoms with E-state index in [1.54, 1.807) is 12.1 Å². The number of rotatable bonds is 4. The van der Waals surface area contributed by atoms with Crippen molar-refractivity contribution in [3.63, 3.8) is 0 Å². The first-order valence-corrected chi connectivity index (χ1v) is 5.56. The Morgan fingerprint density at radius 3 is 2.56 bits per heavy atom. The van der Waals surface area contributed by atoms with Crippen LogP contribution >= 0.6 is 0 Å². The van der Waals surface area contributed by atoms with Crippen molar-refractivity contribution in [3.05, 3.63) is 24.3 Å². The van der Waals surface area contributed by atoms with Gasteiger partial charge in [-0.15, -0.1) is 0 Å². The zero-order chi connectivity index (χ0) is 13.1. The van der Waals surface area contributed by atoms with Crippen molar-refractivity contribution in [1.29, 1.82) is 0 Å². The molecule has 2 rings (SSSR count). The normalized spacial score (nSPS) is 19.7. The lowest BCUT2D eigenvalue weighted by atomic mass is 10.1. The van der Waals surface area contributed by atoms with Gasteiger partial charge in [-0.25, -0.2) is 0 Å². The molecule has 0 spiro atoms. The van der Waals surface area contributed by atoms with Gasteiger partial charge in [0.15, 0.2) is 0 Å². The number of aliphatic hydroxyl groups excluding tert-OH is 1. The molecule has 1 amide bonds. The van der Waals surface area contributed by atoms with Crippen LogP contribution in [0.2, 0.25) is 0 Å². The molecule has 1 aromatic carbocycles. The molecule has 1 saturated heterocycles. The van der Waals surface area contributed by atoms with Crippen LogP contribution in [0.5, 0.6) is 5.75 Å². The van der Waals surface area contributed by atoms with Crippen molar-refractivity contribution in [2.45, 2.75) is 13.0 Å². The quantitative estimate of drug-likeness (QED) is 0.892. The van der Waals surface area contributed by atoms with Crippen LogP contribution in [-0.4, -0.2) is 30.8 Å². The molecule has 1 unspecified atom stereocenters. The lowest BCUT2D eigenvalue weighted by Gasteiger charge is -2.16. The molecule has 1 atom stereocenters. The van der Waals surface area contributed by atoms with Crippen LogP contribution in [0.15, 0.2) is 24.3 Å². The Bertz CT molecular complexity index is 422. The minimum Gasteiger partial charge on any atom is -0.435 e. The van der Waals surface area contributed by atoms with Crippen LogP contribution in [0.3, 0.4) is 0 Å². The standard InChI is InChI=1S/C12H13F2NO3/c13-12(14)18-10-3-1-9(2-4-10)15-6-8(7-16)5-11(15)17/h1-4,8,12,16H,5-7H2. The molecule has 0 radical (unpaired) electrons. The molecule has 0 aliphatic carbocycles. The third-order valence-electron chi connectivity index (χ3n) is 2.84. The summed E-state index contributed by atoms with van der Waals surface area (Å²) in [6.07, 6.45) is 0.311. The number of alkyl halides is 2. The van der Waals surface area contributed by atoms with E-state index in [4.69, 9.17) is 5.11 Å². The Hall–Kier alpha value is -1.69. The number of halogens is 2. The van der Waals surface area contributed by atoms with Crippen LogP contribution < -0.4 is 9.64 Å². The highest BCUT2D eigenvalue weighted by Gasteiger charge is 2.29. The number of hydrogen-bond donors (Lipinski definition) is 1. The number of anilines is 1. The summed E-state index contributed by atoms with van der Waals surface area (Å²) in [5, 5.41) is 9.01. The summed E-state index contributed by atoms with van der Waals surface area (Å²) >= 11 is 0. The Morgan fingerprint density at radius 1 is 1.39 bits per heavy atom. The van der Waals surface area contributed by atoms with Gasteiger partial charge in [-0.05, 0) is 24.3 Å².